The summed E-state index contributed by atoms with van der Waals surface area (Å²) in [4.78, 5) is 7.21. The molecule has 8 rings (SSSR count). The van der Waals surface area contributed by atoms with Gasteiger partial charge < -0.3 is 4.42 Å². The molecule has 0 unspecified atom stereocenters. The van der Waals surface area contributed by atoms with E-state index >= 15 is 0 Å². The van der Waals surface area contributed by atoms with Crippen molar-refractivity contribution in [2.24, 2.45) is 0 Å². The Bertz CT molecular complexity index is 2180. The number of hydrogen-bond acceptors (Lipinski definition) is 3. The van der Waals surface area contributed by atoms with Gasteiger partial charge in [-0.25, -0.2) is 0 Å². The highest BCUT2D eigenvalue weighted by atomic mass is 16.3. The SMILES string of the molecule is c1ccc(-c2ccc(-c3ccc(N(c4ccc(-c5ccccc5)cc4)c4ccc5c(n4)oc4ccccc45)cc3)cc2)cc1. The number of rotatable bonds is 6. The molecular weight excluding hydrogens is 536 g/mol. The summed E-state index contributed by atoms with van der Waals surface area (Å²) >= 11 is 0. The van der Waals surface area contributed by atoms with Crippen molar-refractivity contribution in [1.82, 2.24) is 4.98 Å². The summed E-state index contributed by atoms with van der Waals surface area (Å²) in [5.74, 6) is 0.795. The Morgan fingerprint density at radius 2 is 0.795 bits per heavy atom. The van der Waals surface area contributed by atoms with E-state index in [0.717, 1.165) is 39.1 Å². The molecule has 2 heterocycles. The van der Waals surface area contributed by atoms with E-state index in [4.69, 9.17) is 9.40 Å². The summed E-state index contributed by atoms with van der Waals surface area (Å²) in [6, 6.07) is 59.3. The van der Waals surface area contributed by atoms with Gasteiger partial charge in [0.25, 0.3) is 0 Å². The second-order valence-corrected chi connectivity index (χ2v) is 10.9. The van der Waals surface area contributed by atoms with Crippen LogP contribution >= 0.6 is 0 Å². The molecule has 0 aliphatic carbocycles. The van der Waals surface area contributed by atoms with Crippen molar-refractivity contribution in [2.75, 3.05) is 4.90 Å². The zero-order chi connectivity index (χ0) is 29.3. The number of aromatic nitrogens is 1. The molecule has 0 atom stereocenters. The Labute approximate surface area is 256 Å². The molecule has 0 bridgehead atoms. The third-order valence-electron chi connectivity index (χ3n) is 8.14. The van der Waals surface area contributed by atoms with Crippen LogP contribution in [0.1, 0.15) is 0 Å². The van der Waals surface area contributed by atoms with Crippen molar-refractivity contribution in [3.8, 4) is 33.4 Å². The largest absolute Gasteiger partial charge is 0.438 e. The molecule has 0 aliphatic heterocycles. The van der Waals surface area contributed by atoms with Crippen LogP contribution in [0.25, 0.3) is 55.4 Å². The van der Waals surface area contributed by atoms with Gasteiger partial charge in [-0.2, -0.15) is 4.98 Å². The van der Waals surface area contributed by atoms with Crippen LogP contribution in [0.3, 0.4) is 0 Å². The molecular formula is C41H28N2O. The van der Waals surface area contributed by atoms with Crippen LogP contribution in [-0.2, 0) is 0 Å². The lowest BCUT2D eigenvalue weighted by atomic mass is 10.00. The highest BCUT2D eigenvalue weighted by Gasteiger charge is 2.17. The molecule has 2 aromatic heterocycles. The topological polar surface area (TPSA) is 29.3 Å². The summed E-state index contributed by atoms with van der Waals surface area (Å²) < 4.78 is 6.17. The first-order chi connectivity index (χ1) is 21.8. The smallest absolute Gasteiger partial charge is 0.229 e. The highest BCUT2D eigenvalue weighted by molar-refractivity contribution is 6.04. The second-order valence-electron chi connectivity index (χ2n) is 10.9. The number of furan rings is 1. The fourth-order valence-electron chi connectivity index (χ4n) is 5.86. The zero-order valence-corrected chi connectivity index (χ0v) is 24.0. The predicted molar refractivity (Wildman–Crippen MR) is 183 cm³/mol. The number of para-hydroxylation sites is 1. The molecule has 0 amide bonds. The molecule has 0 saturated heterocycles. The molecule has 0 saturated carbocycles. The molecule has 208 valence electrons. The maximum absolute atomic E-state index is 6.17. The zero-order valence-electron chi connectivity index (χ0n) is 24.0. The molecule has 0 spiro atoms. The lowest BCUT2D eigenvalue weighted by molar-refractivity contribution is 0.654. The normalized spacial score (nSPS) is 11.2. The molecule has 3 nitrogen and oxygen atoms in total. The van der Waals surface area contributed by atoms with E-state index < -0.39 is 0 Å². The highest BCUT2D eigenvalue weighted by Crippen LogP contribution is 2.38. The first-order valence-corrected chi connectivity index (χ1v) is 14.8. The number of anilines is 3. The van der Waals surface area contributed by atoms with Crippen molar-refractivity contribution >= 4 is 39.3 Å². The Balaban J connectivity index is 1.18. The standard InChI is InChI=1S/C41H28N2O/c1-3-9-29(10-4-1)31-15-17-32(18-16-31)34-21-25-36(26-22-34)43(35-23-19-33(20-24-35)30-11-5-2-6-12-30)40-28-27-38-37-13-7-8-14-39(37)44-41(38)42-40/h1-28H. The quantitative estimate of drug-likeness (QED) is 0.201. The number of benzene rings is 6. The van der Waals surface area contributed by atoms with Crippen LogP contribution in [0.4, 0.5) is 17.2 Å². The Morgan fingerprint density at radius 1 is 0.364 bits per heavy atom. The minimum absolute atomic E-state index is 0.629. The molecule has 0 N–H and O–H groups in total. The number of fused-ring (bicyclic) bond motifs is 3. The van der Waals surface area contributed by atoms with Crippen LogP contribution in [0.2, 0.25) is 0 Å². The Hall–Kier alpha value is -5.93. The first kappa shape index (κ1) is 25.8. The Morgan fingerprint density at radius 3 is 1.32 bits per heavy atom. The van der Waals surface area contributed by atoms with Gasteiger partial charge in [0, 0.05) is 22.1 Å². The number of pyridine rings is 1. The summed E-state index contributed by atoms with van der Waals surface area (Å²) in [5.41, 5.74) is 10.6. The second kappa shape index (κ2) is 11.0. The van der Waals surface area contributed by atoms with Gasteiger partial charge in [0.2, 0.25) is 5.71 Å². The molecule has 0 fully saturated rings. The lowest BCUT2D eigenvalue weighted by Crippen LogP contribution is -2.11. The Kier molecular flexibility index (Phi) is 6.47. The average molecular weight is 565 g/mol. The fourth-order valence-corrected chi connectivity index (χ4v) is 5.86. The summed E-state index contributed by atoms with van der Waals surface area (Å²) in [7, 11) is 0. The molecule has 6 aromatic carbocycles. The summed E-state index contributed by atoms with van der Waals surface area (Å²) in [5, 5.41) is 2.08. The lowest BCUT2D eigenvalue weighted by Gasteiger charge is -2.24. The van der Waals surface area contributed by atoms with Crippen LogP contribution in [0.5, 0.6) is 0 Å². The molecule has 0 aliphatic rings. The van der Waals surface area contributed by atoms with Crippen molar-refractivity contribution in [2.45, 2.75) is 0 Å². The molecule has 3 heteroatoms. The average Bonchev–Trinajstić information content (AvgIpc) is 3.48. The van der Waals surface area contributed by atoms with Gasteiger partial charge in [0.05, 0.1) is 0 Å². The molecule has 8 aromatic rings. The maximum Gasteiger partial charge on any atom is 0.229 e. The van der Waals surface area contributed by atoms with E-state index in [0.29, 0.717) is 5.71 Å². The van der Waals surface area contributed by atoms with Gasteiger partial charge in [-0.3, -0.25) is 4.90 Å². The third kappa shape index (κ3) is 4.81. The van der Waals surface area contributed by atoms with Crippen molar-refractivity contribution in [1.29, 1.82) is 0 Å². The van der Waals surface area contributed by atoms with Gasteiger partial charge in [0.15, 0.2) is 0 Å². The van der Waals surface area contributed by atoms with Crippen LogP contribution in [0, 0.1) is 0 Å². The molecule has 0 radical (unpaired) electrons. The van der Waals surface area contributed by atoms with Gasteiger partial charge in [-0.05, 0) is 75.8 Å². The summed E-state index contributed by atoms with van der Waals surface area (Å²) in [6.07, 6.45) is 0. The van der Waals surface area contributed by atoms with Gasteiger partial charge in [0.1, 0.15) is 11.4 Å². The van der Waals surface area contributed by atoms with E-state index in [1.807, 2.05) is 30.3 Å². The van der Waals surface area contributed by atoms with E-state index in [2.05, 4.69) is 144 Å². The van der Waals surface area contributed by atoms with E-state index in [1.165, 1.54) is 27.8 Å². The van der Waals surface area contributed by atoms with Crippen LogP contribution in [0.15, 0.2) is 174 Å². The fraction of sp³-hybridized carbons (Fsp3) is 0. The van der Waals surface area contributed by atoms with E-state index in [1.54, 1.807) is 0 Å². The van der Waals surface area contributed by atoms with E-state index in [9.17, 15) is 0 Å². The van der Waals surface area contributed by atoms with Crippen molar-refractivity contribution in [3.05, 3.63) is 170 Å². The predicted octanol–water partition coefficient (Wildman–Crippen LogP) is 11.5. The minimum Gasteiger partial charge on any atom is -0.438 e. The van der Waals surface area contributed by atoms with Gasteiger partial charge in [-0.1, -0.05) is 127 Å². The van der Waals surface area contributed by atoms with Crippen LogP contribution < -0.4 is 4.90 Å². The van der Waals surface area contributed by atoms with Gasteiger partial charge in [-0.15, -0.1) is 0 Å². The summed E-state index contributed by atoms with van der Waals surface area (Å²) in [6.45, 7) is 0. The van der Waals surface area contributed by atoms with Crippen molar-refractivity contribution in [3.63, 3.8) is 0 Å². The number of nitrogens with zero attached hydrogens (tertiary/aromatic N) is 2. The maximum atomic E-state index is 6.17. The number of hydrogen-bond donors (Lipinski definition) is 0. The minimum atomic E-state index is 0.629. The van der Waals surface area contributed by atoms with Crippen molar-refractivity contribution < 1.29 is 4.42 Å². The monoisotopic (exact) mass is 564 g/mol. The van der Waals surface area contributed by atoms with E-state index in [-0.39, 0.29) is 0 Å². The first-order valence-electron chi connectivity index (χ1n) is 14.8. The third-order valence-corrected chi connectivity index (χ3v) is 8.14. The van der Waals surface area contributed by atoms with Gasteiger partial charge >= 0.3 is 0 Å². The molecule has 44 heavy (non-hydrogen) atoms. The van der Waals surface area contributed by atoms with Crippen LogP contribution in [-0.4, -0.2) is 4.98 Å².